The lowest BCUT2D eigenvalue weighted by atomic mass is 9.69. The summed E-state index contributed by atoms with van der Waals surface area (Å²) in [4.78, 5) is 0. The van der Waals surface area contributed by atoms with Crippen molar-refractivity contribution in [1.29, 1.82) is 0 Å². The van der Waals surface area contributed by atoms with E-state index in [1.807, 2.05) is 0 Å². The summed E-state index contributed by atoms with van der Waals surface area (Å²) in [7, 11) is 0. The molecule has 1 radical (unpaired) electrons. The molecule has 0 amide bonds. The van der Waals surface area contributed by atoms with Gasteiger partial charge in [0.25, 0.3) is 0 Å². The van der Waals surface area contributed by atoms with E-state index in [1.165, 1.54) is 12.8 Å². The predicted octanol–water partition coefficient (Wildman–Crippen LogP) is 3.28. The van der Waals surface area contributed by atoms with E-state index >= 15 is 0 Å². The molecule has 0 saturated heterocycles. The molecular formula is C10H19. The standard InChI is InChI=1S/C10H19/c1-8-5-9(2)7-10(3,4)6-8/h5,8-9H,6-7H2,1-4H3. The first-order chi connectivity index (χ1) is 4.49. The van der Waals surface area contributed by atoms with Gasteiger partial charge < -0.3 is 0 Å². The lowest BCUT2D eigenvalue weighted by molar-refractivity contribution is 0.191. The van der Waals surface area contributed by atoms with Crippen molar-refractivity contribution >= 4 is 0 Å². The second kappa shape index (κ2) is 2.56. The molecule has 2 unspecified atom stereocenters. The third-order valence-corrected chi connectivity index (χ3v) is 2.41. The monoisotopic (exact) mass is 139 g/mol. The molecular weight excluding hydrogens is 120 g/mol. The Balaban J connectivity index is 2.51. The van der Waals surface area contributed by atoms with E-state index in [1.54, 1.807) is 0 Å². The van der Waals surface area contributed by atoms with Crippen LogP contribution in [0, 0.1) is 23.7 Å². The maximum atomic E-state index is 2.49. The molecule has 0 nitrogen and oxygen atoms in total. The van der Waals surface area contributed by atoms with Crippen LogP contribution in [0.15, 0.2) is 0 Å². The van der Waals surface area contributed by atoms with Crippen LogP contribution in [0.3, 0.4) is 0 Å². The van der Waals surface area contributed by atoms with Gasteiger partial charge in [0.2, 0.25) is 0 Å². The zero-order chi connectivity index (χ0) is 7.78. The number of rotatable bonds is 0. The molecule has 0 N–H and O–H groups in total. The van der Waals surface area contributed by atoms with Crippen molar-refractivity contribution < 1.29 is 0 Å². The molecule has 1 aliphatic carbocycles. The Morgan fingerprint density at radius 2 is 1.50 bits per heavy atom. The molecule has 59 valence electrons. The minimum absolute atomic E-state index is 0.591. The van der Waals surface area contributed by atoms with Gasteiger partial charge in [0.05, 0.1) is 0 Å². The SMILES string of the molecule is CC1[CH]C(C)CC(C)(C)C1. The highest BCUT2D eigenvalue weighted by atomic mass is 14.3. The molecule has 0 aliphatic heterocycles. The summed E-state index contributed by atoms with van der Waals surface area (Å²) in [5.74, 6) is 1.66. The van der Waals surface area contributed by atoms with Crippen molar-refractivity contribution in [3.8, 4) is 0 Å². The summed E-state index contributed by atoms with van der Waals surface area (Å²) < 4.78 is 0. The third-order valence-electron chi connectivity index (χ3n) is 2.41. The lowest BCUT2D eigenvalue weighted by Crippen LogP contribution is -2.26. The maximum absolute atomic E-state index is 2.49. The van der Waals surface area contributed by atoms with Crippen LogP contribution in [0.5, 0.6) is 0 Å². The van der Waals surface area contributed by atoms with E-state index in [0.717, 1.165) is 11.8 Å². The quantitative estimate of drug-likeness (QED) is 0.483. The van der Waals surface area contributed by atoms with E-state index < -0.39 is 0 Å². The largest absolute Gasteiger partial charge is 0.0622 e. The molecule has 1 rings (SSSR count). The molecule has 2 atom stereocenters. The molecule has 1 saturated carbocycles. The fraction of sp³-hybridized carbons (Fsp3) is 0.900. The van der Waals surface area contributed by atoms with Crippen LogP contribution in [0.1, 0.15) is 40.5 Å². The van der Waals surface area contributed by atoms with E-state index in [-0.39, 0.29) is 0 Å². The summed E-state index contributed by atoms with van der Waals surface area (Å²) in [5.41, 5.74) is 0.591. The van der Waals surface area contributed by atoms with Crippen LogP contribution in [0.2, 0.25) is 0 Å². The second-order valence-corrected chi connectivity index (χ2v) is 4.72. The van der Waals surface area contributed by atoms with E-state index in [4.69, 9.17) is 0 Å². The van der Waals surface area contributed by atoms with Crippen molar-refractivity contribution in [2.24, 2.45) is 17.3 Å². The number of hydrogen-bond acceptors (Lipinski definition) is 0. The highest BCUT2D eigenvalue weighted by Gasteiger charge is 2.29. The Morgan fingerprint density at radius 3 is 1.80 bits per heavy atom. The van der Waals surface area contributed by atoms with Gasteiger partial charge in [-0.25, -0.2) is 0 Å². The molecule has 1 fully saturated rings. The molecule has 0 spiro atoms. The summed E-state index contributed by atoms with van der Waals surface area (Å²) in [6, 6.07) is 0. The topological polar surface area (TPSA) is 0 Å². The van der Waals surface area contributed by atoms with Gasteiger partial charge in [-0.15, -0.1) is 0 Å². The molecule has 10 heavy (non-hydrogen) atoms. The van der Waals surface area contributed by atoms with Crippen LogP contribution >= 0.6 is 0 Å². The highest BCUT2D eigenvalue weighted by molar-refractivity contribution is 4.91. The molecule has 0 heterocycles. The maximum Gasteiger partial charge on any atom is -0.0329 e. The average molecular weight is 139 g/mol. The van der Waals surface area contributed by atoms with Gasteiger partial charge in [-0.3, -0.25) is 0 Å². The third kappa shape index (κ3) is 2.00. The van der Waals surface area contributed by atoms with Crippen molar-refractivity contribution in [2.45, 2.75) is 40.5 Å². The van der Waals surface area contributed by atoms with Crippen LogP contribution < -0.4 is 0 Å². The van der Waals surface area contributed by atoms with E-state index in [9.17, 15) is 0 Å². The molecule has 0 aromatic rings. The highest BCUT2D eigenvalue weighted by Crippen LogP contribution is 2.40. The van der Waals surface area contributed by atoms with Gasteiger partial charge in [-0.1, -0.05) is 27.7 Å². The van der Waals surface area contributed by atoms with E-state index in [2.05, 4.69) is 34.1 Å². The zero-order valence-electron chi connectivity index (χ0n) is 7.65. The van der Waals surface area contributed by atoms with Gasteiger partial charge in [0.1, 0.15) is 0 Å². The van der Waals surface area contributed by atoms with Crippen LogP contribution in [0.4, 0.5) is 0 Å². The van der Waals surface area contributed by atoms with Gasteiger partial charge in [-0.2, -0.15) is 0 Å². The van der Waals surface area contributed by atoms with Crippen molar-refractivity contribution in [3.05, 3.63) is 6.42 Å². The van der Waals surface area contributed by atoms with Crippen molar-refractivity contribution in [1.82, 2.24) is 0 Å². The Labute approximate surface area is 65.0 Å². The van der Waals surface area contributed by atoms with Gasteiger partial charge in [0, 0.05) is 0 Å². The molecule has 0 bridgehead atoms. The van der Waals surface area contributed by atoms with Gasteiger partial charge in [-0.05, 0) is 36.5 Å². The molecule has 0 aromatic heterocycles. The molecule has 0 heteroatoms. The van der Waals surface area contributed by atoms with E-state index in [0.29, 0.717) is 5.41 Å². The fourth-order valence-electron chi connectivity index (χ4n) is 2.52. The summed E-state index contributed by atoms with van der Waals surface area (Å²) in [6.07, 6.45) is 5.24. The molecule has 1 aliphatic rings. The Morgan fingerprint density at radius 1 is 1.10 bits per heavy atom. The predicted molar refractivity (Wildman–Crippen MR) is 45.6 cm³/mol. The average Bonchev–Trinajstić information content (AvgIpc) is 1.54. The van der Waals surface area contributed by atoms with Crippen LogP contribution in [0.25, 0.3) is 0 Å². The van der Waals surface area contributed by atoms with Crippen LogP contribution in [-0.4, -0.2) is 0 Å². The minimum Gasteiger partial charge on any atom is -0.0622 e. The normalized spacial score (nSPS) is 39.6. The summed E-state index contributed by atoms with van der Waals surface area (Å²) in [5, 5.41) is 0. The van der Waals surface area contributed by atoms with Crippen molar-refractivity contribution in [2.75, 3.05) is 0 Å². The molecule has 0 aromatic carbocycles. The second-order valence-electron chi connectivity index (χ2n) is 4.72. The Hall–Kier alpha value is 0. The van der Waals surface area contributed by atoms with Crippen LogP contribution in [-0.2, 0) is 0 Å². The fourth-order valence-corrected chi connectivity index (χ4v) is 2.52. The Kier molecular flexibility index (Phi) is 2.07. The van der Waals surface area contributed by atoms with Gasteiger partial charge in [0.15, 0.2) is 0 Å². The number of hydrogen-bond donors (Lipinski definition) is 0. The van der Waals surface area contributed by atoms with Gasteiger partial charge >= 0.3 is 0 Å². The Bertz CT molecular complexity index is 101. The minimum atomic E-state index is 0.591. The first kappa shape index (κ1) is 8.10. The lowest BCUT2D eigenvalue weighted by Gasteiger charge is -2.37. The zero-order valence-corrected chi connectivity index (χ0v) is 7.65. The summed E-state index contributed by atoms with van der Waals surface area (Å²) in [6.45, 7) is 9.43. The first-order valence-electron chi connectivity index (χ1n) is 4.34. The first-order valence-corrected chi connectivity index (χ1v) is 4.34. The summed E-state index contributed by atoms with van der Waals surface area (Å²) >= 11 is 0. The van der Waals surface area contributed by atoms with Crippen molar-refractivity contribution in [3.63, 3.8) is 0 Å². The smallest absolute Gasteiger partial charge is 0.0329 e.